The summed E-state index contributed by atoms with van der Waals surface area (Å²) in [5.41, 5.74) is 3.40. The number of aromatic nitrogens is 3. The van der Waals surface area contributed by atoms with Gasteiger partial charge in [0.15, 0.2) is 0 Å². The molecule has 6 nitrogen and oxygen atoms in total. The first-order valence-electron chi connectivity index (χ1n) is 9.07. The molecule has 0 radical (unpaired) electrons. The van der Waals surface area contributed by atoms with Crippen LogP contribution in [0, 0.1) is 5.92 Å². The van der Waals surface area contributed by atoms with Gasteiger partial charge in [0.2, 0.25) is 0 Å². The highest BCUT2D eigenvalue weighted by Gasteiger charge is 2.48. The summed E-state index contributed by atoms with van der Waals surface area (Å²) in [6.45, 7) is 5.23. The number of hydrogen-bond acceptors (Lipinski definition) is 3. The van der Waals surface area contributed by atoms with E-state index in [1.807, 2.05) is 24.3 Å². The first-order valence-corrected chi connectivity index (χ1v) is 9.45. The van der Waals surface area contributed by atoms with Crippen LogP contribution in [0.4, 0.5) is 5.69 Å². The monoisotopic (exact) mass is 384 g/mol. The van der Waals surface area contributed by atoms with Crippen LogP contribution in [0.1, 0.15) is 31.1 Å². The standard InChI is InChI=1S/C20H21ClN4O2/c1-20(2)12-7-10(21)5-6-14(12)22-16-13(20)9-25-15(16)8-11-17(25)23(3)19(27)24(4)18(11)26/h5-8,13,16,22H,9H2,1-4H3. The molecule has 0 saturated carbocycles. The molecule has 7 heteroatoms. The van der Waals surface area contributed by atoms with E-state index in [0.29, 0.717) is 17.0 Å². The maximum Gasteiger partial charge on any atom is 0.332 e. The van der Waals surface area contributed by atoms with Crippen molar-refractivity contribution in [3.8, 4) is 0 Å². The van der Waals surface area contributed by atoms with Gasteiger partial charge in [-0.2, -0.15) is 0 Å². The lowest BCUT2D eigenvalue weighted by Gasteiger charge is -2.42. The number of nitrogens with one attached hydrogen (secondary N) is 1. The molecule has 2 aromatic heterocycles. The third-order valence-electron chi connectivity index (χ3n) is 6.54. The van der Waals surface area contributed by atoms with Crippen molar-refractivity contribution in [2.45, 2.75) is 31.8 Å². The molecule has 0 saturated heterocycles. The van der Waals surface area contributed by atoms with Crippen molar-refractivity contribution in [3.05, 3.63) is 61.4 Å². The predicted octanol–water partition coefficient (Wildman–Crippen LogP) is 2.77. The van der Waals surface area contributed by atoms with Crippen LogP contribution in [0.15, 0.2) is 33.9 Å². The third kappa shape index (κ3) is 1.96. The molecule has 0 aliphatic carbocycles. The van der Waals surface area contributed by atoms with Crippen molar-refractivity contribution in [2.75, 3.05) is 5.32 Å². The van der Waals surface area contributed by atoms with E-state index in [4.69, 9.17) is 11.6 Å². The van der Waals surface area contributed by atoms with Crippen LogP contribution in [0.5, 0.6) is 0 Å². The fraction of sp³-hybridized carbons (Fsp3) is 0.400. The van der Waals surface area contributed by atoms with Crippen molar-refractivity contribution in [3.63, 3.8) is 0 Å². The highest BCUT2D eigenvalue weighted by atomic mass is 35.5. The Morgan fingerprint density at radius 3 is 2.63 bits per heavy atom. The van der Waals surface area contributed by atoms with Crippen molar-refractivity contribution in [2.24, 2.45) is 20.0 Å². The van der Waals surface area contributed by atoms with Crippen LogP contribution in [-0.2, 0) is 26.1 Å². The first kappa shape index (κ1) is 16.7. The zero-order chi connectivity index (χ0) is 19.2. The minimum Gasteiger partial charge on any atom is -0.376 e. The Bertz CT molecular complexity index is 1250. The molecular weight excluding hydrogens is 364 g/mol. The minimum atomic E-state index is -0.300. The lowest BCUT2D eigenvalue weighted by molar-refractivity contribution is 0.274. The normalized spacial score (nSPS) is 22.3. The van der Waals surface area contributed by atoms with Gasteiger partial charge in [-0.1, -0.05) is 25.4 Å². The molecule has 3 aromatic rings. The number of halogens is 1. The molecule has 1 aromatic carbocycles. The average Bonchev–Trinajstić information content (AvgIpc) is 3.16. The third-order valence-corrected chi connectivity index (χ3v) is 6.78. The number of anilines is 1. The lowest BCUT2D eigenvalue weighted by atomic mass is 9.67. The van der Waals surface area contributed by atoms with Crippen LogP contribution in [0.2, 0.25) is 5.02 Å². The fourth-order valence-electron chi connectivity index (χ4n) is 4.98. The molecule has 4 heterocycles. The van der Waals surface area contributed by atoms with E-state index in [1.165, 1.54) is 17.2 Å². The predicted molar refractivity (Wildman–Crippen MR) is 107 cm³/mol. The van der Waals surface area contributed by atoms with Gasteiger partial charge in [-0.05, 0) is 35.2 Å². The van der Waals surface area contributed by atoms with Crippen LogP contribution in [0.3, 0.4) is 0 Å². The van der Waals surface area contributed by atoms with Gasteiger partial charge in [0.05, 0.1) is 11.4 Å². The fourth-order valence-corrected chi connectivity index (χ4v) is 5.15. The van der Waals surface area contributed by atoms with Gasteiger partial charge >= 0.3 is 5.69 Å². The van der Waals surface area contributed by atoms with Gasteiger partial charge in [0.1, 0.15) is 5.65 Å². The van der Waals surface area contributed by atoms with Gasteiger partial charge in [-0.3, -0.25) is 13.9 Å². The summed E-state index contributed by atoms with van der Waals surface area (Å²) in [6.07, 6.45) is 0. The van der Waals surface area contributed by atoms with Crippen molar-refractivity contribution >= 4 is 28.3 Å². The Balaban J connectivity index is 1.77. The smallest absolute Gasteiger partial charge is 0.332 e. The molecule has 27 heavy (non-hydrogen) atoms. The Kier molecular flexibility index (Phi) is 3.13. The first-order chi connectivity index (χ1) is 12.7. The second kappa shape index (κ2) is 5.07. The number of rotatable bonds is 0. The molecule has 2 unspecified atom stereocenters. The van der Waals surface area contributed by atoms with Crippen LogP contribution in [0.25, 0.3) is 11.0 Å². The number of nitrogens with zero attached hydrogens (tertiary/aromatic N) is 3. The lowest BCUT2D eigenvalue weighted by Crippen LogP contribution is -2.40. The molecule has 1 N–H and O–H groups in total. The highest BCUT2D eigenvalue weighted by Crippen LogP contribution is 2.53. The van der Waals surface area contributed by atoms with Gasteiger partial charge < -0.3 is 9.88 Å². The Labute approximate surface area is 161 Å². The summed E-state index contributed by atoms with van der Waals surface area (Å²) in [7, 11) is 3.25. The van der Waals surface area contributed by atoms with E-state index >= 15 is 0 Å². The molecule has 0 amide bonds. The van der Waals surface area contributed by atoms with Gasteiger partial charge in [-0.15, -0.1) is 0 Å². The van der Waals surface area contributed by atoms with E-state index < -0.39 is 0 Å². The number of aryl methyl sites for hydroxylation is 1. The summed E-state index contributed by atoms with van der Waals surface area (Å²) >= 11 is 6.26. The van der Waals surface area contributed by atoms with Crippen molar-refractivity contribution < 1.29 is 0 Å². The Morgan fingerprint density at radius 2 is 1.89 bits per heavy atom. The SMILES string of the molecule is Cn1c(=O)c2cc3n(c2n(C)c1=O)CC1C3Nc2ccc(Cl)cc2C1(C)C. The summed E-state index contributed by atoms with van der Waals surface area (Å²) in [6, 6.07) is 7.99. The van der Waals surface area contributed by atoms with Crippen molar-refractivity contribution in [1.82, 2.24) is 13.7 Å². The highest BCUT2D eigenvalue weighted by molar-refractivity contribution is 6.30. The molecule has 2 aliphatic heterocycles. The van der Waals surface area contributed by atoms with Gasteiger partial charge in [-0.25, -0.2) is 4.79 Å². The van der Waals surface area contributed by atoms with E-state index in [9.17, 15) is 9.59 Å². The summed E-state index contributed by atoms with van der Waals surface area (Å²) < 4.78 is 4.88. The quantitative estimate of drug-likeness (QED) is 0.648. The second-order valence-corrected chi connectivity index (χ2v) is 8.70. The molecule has 5 rings (SSSR count). The van der Waals surface area contributed by atoms with E-state index in [0.717, 1.165) is 22.9 Å². The topological polar surface area (TPSA) is 61.0 Å². The molecule has 2 atom stereocenters. The maximum absolute atomic E-state index is 12.6. The largest absolute Gasteiger partial charge is 0.376 e. The molecule has 0 fully saturated rings. The van der Waals surface area contributed by atoms with E-state index in [1.54, 1.807) is 11.6 Å². The molecule has 0 spiro atoms. The molecule has 2 aliphatic rings. The summed E-state index contributed by atoms with van der Waals surface area (Å²) in [5.74, 6) is 0.294. The van der Waals surface area contributed by atoms with E-state index in [2.05, 4.69) is 23.7 Å². The van der Waals surface area contributed by atoms with Crippen molar-refractivity contribution in [1.29, 1.82) is 0 Å². The zero-order valence-corrected chi connectivity index (χ0v) is 16.5. The Hall–Kier alpha value is -2.47. The molecular formula is C20H21ClN4O2. The minimum absolute atomic E-state index is 0.0842. The average molecular weight is 385 g/mol. The number of fused-ring (bicyclic) bond motifs is 6. The second-order valence-electron chi connectivity index (χ2n) is 8.26. The number of hydrogen-bond donors (Lipinski definition) is 1. The van der Waals surface area contributed by atoms with E-state index in [-0.39, 0.29) is 22.7 Å². The summed E-state index contributed by atoms with van der Waals surface area (Å²) in [4.78, 5) is 25.1. The zero-order valence-electron chi connectivity index (χ0n) is 15.7. The molecule has 140 valence electrons. The van der Waals surface area contributed by atoms with Crippen LogP contribution < -0.4 is 16.6 Å². The van der Waals surface area contributed by atoms with Crippen LogP contribution in [-0.4, -0.2) is 13.7 Å². The number of benzene rings is 1. The maximum atomic E-state index is 12.6. The van der Waals surface area contributed by atoms with Gasteiger partial charge in [0.25, 0.3) is 5.56 Å². The molecule has 0 bridgehead atoms. The van der Waals surface area contributed by atoms with Gasteiger partial charge in [0, 0.05) is 43.0 Å². The summed E-state index contributed by atoms with van der Waals surface area (Å²) in [5, 5.41) is 4.98. The van der Waals surface area contributed by atoms with Crippen LogP contribution >= 0.6 is 11.6 Å². The Morgan fingerprint density at radius 1 is 1.15 bits per heavy atom.